The van der Waals surface area contributed by atoms with Crippen LogP contribution in [-0.4, -0.2) is 90.4 Å². The molecular weight excluding hydrogens is 859 g/mol. The number of hydrogen-bond donors (Lipinski definition) is 4. The maximum absolute atomic E-state index is 14.3. The number of carbonyl (C=O) groups is 7. The van der Waals surface area contributed by atoms with Gasteiger partial charge in [-0.1, -0.05) is 135 Å². The van der Waals surface area contributed by atoms with Crippen molar-refractivity contribution in [1.29, 1.82) is 0 Å². The number of amides is 4. The normalized spacial score (nSPS) is 13.9. The summed E-state index contributed by atoms with van der Waals surface area (Å²) in [6, 6.07) is 30.7. The van der Waals surface area contributed by atoms with Crippen LogP contribution in [0.15, 0.2) is 121 Å². The Balaban J connectivity index is 1.32. The number of carbonyl (C=O) groups excluding carboxylic acids is 7. The third-order valence-corrected chi connectivity index (χ3v) is 10.8. The molecule has 1 heterocycles. The molecule has 4 aromatic rings. The number of esters is 3. The summed E-state index contributed by atoms with van der Waals surface area (Å²) in [6.07, 6.45) is -0.147. The van der Waals surface area contributed by atoms with Crippen LogP contribution in [0.2, 0.25) is 0 Å². The Morgan fingerprint density at radius 2 is 0.940 bits per heavy atom. The lowest BCUT2D eigenvalue weighted by Gasteiger charge is -2.26. The van der Waals surface area contributed by atoms with Gasteiger partial charge in [-0.25, -0.2) is 14.4 Å². The number of benzene rings is 4. The highest BCUT2D eigenvalue weighted by atomic mass is 16.6. The minimum atomic E-state index is -1.56. The molecule has 4 amide bonds. The second kappa shape index (κ2) is 27.4. The summed E-state index contributed by atoms with van der Waals surface area (Å²) in [5.74, 6) is -4.33. The largest absolute Gasteiger partial charge is 0.461 e. The van der Waals surface area contributed by atoms with E-state index in [0.717, 1.165) is 29.5 Å². The number of rotatable bonds is 25. The van der Waals surface area contributed by atoms with E-state index in [9.17, 15) is 33.6 Å². The molecular formula is C51H61N5O11. The SMILES string of the molecule is CC(C)C[C@H](NC(=O)[C@H](CC(=O)OCc1ccccc1)NC(=O)[C@H](CC(=O)N1CCCC1)NCC[C@@H](NC(=O)OCc1ccccc1)C(=O)OCc1ccccc1)C(=O)OCc1ccccc1. The van der Waals surface area contributed by atoms with Crippen LogP contribution >= 0.6 is 0 Å². The van der Waals surface area contributed by atoms with E-state index in [1.165, 1.54) is 0 Å². The van der Waals surface area contributed by atoms with E-state index in [1.807, 2.05) is 50.2 Å². The van der Waals surface area contributed by atoms with Gasteiger partial charge >= 0.3 is 24.0 Å². The Hall–Kier alpha value is -7.07. The van der Waals surface area contributed by atoms with Crippen LogP contribution in [0.5, 0.6) is 0 Å². The van der Waals surface area contributed by atoms with Crippen LogP contribution in [0.4, 0.5) is 4.79 Å². The first-order chi connectivity index (χ1) is 32.4. The summed E-state index contributed by atoms with van der Waals surface area (Å²) in [7, 11) is 0. The third-order valence-electron chi connectivity index (χ3n) is 10.8. The fourth-order valence-electron chi connectivity index (χ4n) is 7.15. The lowest BCUT2D eigenvalue weighted by atomic mass is 10.0. The fraction of sp³-hybridized carbons (Fsp3) is 0.392. The van der Waals surface area contributed by atoms with E-state index in [0.29, 0.717) is 18.7 Å². The van der Waals surface area contributed by atoms with Crippen molar-refractivity contribution in [3.63, 3.8) is 0 Å². The highest BCUT2D eigenvalue weighted by molar-refractivity contribution is 5.95. The molecule has 0 radical (unpaired) electrons. The predicted molar refractivity (Wildman–Crippen MR) is 247 cm³/mol. The lowest BCUT2D eigenvalue weighted by Crippen LogP contribution is -2.57. The van der Waals surface area contributed by atoms with Crippen molar-refractivity contribution in [1.82, 2.24) is 26.2 Å². The fourth-order valence-corrected chi connectivity index (χ4v) is 7.15. The van der Waals surface area contributed by atoms with Crippen LogP contribution in [0.25, 0.3) is 0 Å². The molecule has 0 bridgehead atoms. The zero-order valence-electron chi connectivity index (χ0n) is 38.1. The molecule has 0 aliphatic carbocycles. The zero-order chi connectivity index (χ0) is 47.8. The minimum Gasteiger partial charge on any atom is -0.461 e. The van der Waals surface area contributed by atoms with E-state index < -0.39 is 66.4 Å². The average Bonchev–Trinajstić information content (AvgIpc) is 3.89. The standard InChI is InChI=1S/C51H61N5O11/c1-36(2)29-44(50(62)66-34-39-21-11-5-12-22-39)54-48(60)43(31-46(58)64-32-37-17-7-3-8-18-37)53-47(59)42(30-45(57)56-27-15-16-28-56)52-26-25-41(49(61)65-33-38-19-9-4-10-20-38)55-51(63)67-35-40-23-13-6-14-24-40/h3-14,17-24,36,41-44,52H,15-16,25-35H2,1-2H3,(H,53,59)(H,54,60)(H,55,63)/t41-,42+,43+,44+/m1/s1. The first kappa shape index (κ1) is 50.9. The number of nitrogens with zero attached hydrogens (tertiary/aromatic N) is 1. The van der Waals surface area contributed by atoms with Gasteiger partial charge in [0.15, 0.2) is 0 Å². The van der Waals surface area contributed by atoms with Gasteiger partial charge < -0.3 is 45.1 Å². The molecule has 1 saturated heterocycles. The van der Waals surface area contributed by atoms with Gasteiger partial charge in [0, 0.05) is 13.1 Å². The number of ether oxygens (including phenoxy) is 4. The van der Waals surface area contributed by atoms with E-state index in [-0.39, 0.29) is 64.1 Å². The van der Waals surface area contributed by atoms with Crippen molar-refractivity contribution in [3.05, 3.63) is 144 Å². The van der Waals surface area contributed by atoms with Crippen molar-refractivity contribution < 1.29 is 52.5 Å². The van der Waals surface area contributed by atoms with Gasteiger partial charge in [-0.15, -0.1) is 0 Å². The van der Waals surface area contributed by atoms with Gasteiger partial charge in [0.25, 0.3) is 0 Å². The highest BCUT2D eigenvalue weighted by Crippen LogP contribution is 2.14. The zero-order valence-corrected chi connectivity index (χ0v) is 38.1. The van der Waals surface area contributed by atoms with Crippen molar-refractivity contribution in [3.8, 4) is 0 Å². The number of nitrogens with one attached hydrogen (secondary N) is 4. The van der Waals surface area contributed by atoms with Crippen LogP contribution in [0.1, 0.15) is 74.6 Å². The van der Waals surface area contributed by atoms with Crippen LogP contribution in [-0.2, 0) is 74.1 Å². The lowest BCUT2D eigenvalue weighted by molar-refractivity contribution is -0.150. The van der Waals surface area contributed by atoms with Gasteiger partial charge in [0.1, 0.15) is 44.6 Å². The van der Waals surface area contributed by atoms with Gasteiger partial charge in [-0.3, -0.25) is 19.2 Å². The maximum atomic E-state index is 14.3. The Kier molecular flexibility index (Phi) is 20.8. The van der Waals surface area contributed by atoms with Gasteiger partial charge in [0.2, 0.25) is 17.7 Å². The molecule has 0 saturated carbocycles. The molecule has 356 valence electrons. The number of alkyl carbamates (subject to hydrolysis) is 1. The quantitative estimate of drug-likeness (QED) is 0.0495. The molecule has 4 N–H and O–H groups in total. The Bertz CT molecular complexity index is 2190. The summed E-state index contributed by atoms with van der Waals surface area (Å²) >= 11 is 0. The Labute approximate surface area is 391 Å². The maximum Gasteiger partial charge on any atom is 0.408 e. The van der Waals surface area contributed by atoms with Gasteiger partial charge in [-0.05, 0) is 60.4 Å². The topological polar surface area (TPSA) is 208 Å². The van der Waals surface area contributed by atoms with Gasteiger partial charge in [0.05, 0.1) is 18.9 Å². The van der Waals surface area contributed by atoms with Crippen LogP contribution in [0.3, 0.4) is 0 Å². The molecule has 16 nitrogen and oxygen atoms in total. The highest BCUT2D eigenvalue weighted by Gasteiger charge is 2.34. The molecule has 4 atom stereocenters. The molecule has 67 heavy (non-hydrogen) atoms. The average molecular weight is 920 g/mol. The van der Waals surface area contributed by atoms with Crippen molar-refractivity contribution in [2.75, 3.05) is 19.6 Å². The van der Waals surface area contributed by atoms with Crippen molar-refractivity contribution in [2.24, 2.45) is 5.92 Å². The van der Waals surface area contributed by atoms with E-state index in [2.05, 4.69) is 21.3 Å². The first-order valence-corrected chi connectivity index (χ1v) is 22.6. The summed E-state index contributed by atoms with van der Waals surface area (Å²) in [5.41, 5.74) is 2.89. The second-order valence-corrected chi connectivity index (χ2v) is 16.6. The van der Waals surface area contributed by atoms with Crippen LogP contribution < -0.4 is 21.3 Å². The van der Waals surface area contributed by atoms with E-state index in [4.69, 9.17) is 18.9 Å². The number of hydrogen-bond acceptors (Lipinski definition) is 12. The molecule has 0 unspecified atom stereocenters. The third kappa shape index (κ3) is 18.4. The smallest absolute Gasteiger partial charge is 0.408 e. The van der Waals surface area contributed by atoms with E-state index >= 15 is 0 Å². The summed E-state index contributed by atoms with van der Waals surface area (Å²) in [6.45, 7) is 4.39. The molecule has 1 aliphatic heterocycles. The van der Waals surface area contributed by atoms with Crippen molar-refractivity contribution >= 4 is 41.7 Å². The minimum absolute atomic E-state index is 0.0372. The van der Waals surface area contributed by atoms with Crippen LogP contribution in [0, 0.1) is 5.92 Å². The molecule has 4 aromatic carbocycles. The molecule has 1 aliphatic rings. The summed E-state index contributed by atoms with van der Waals surface area (Å²) in [5, 5.41) is 10.9. The molecule has 5 rings (SSSR count). The molecule has 16 heteroatoms. The molecule has 1 fully saturated rings. The summed E-state index contributed by atoms with van der Waals surface area (Å²) < 4.78 is 22.0. The molecule has 0 spiro atoms. The summed E-state index contributed by atoms with van der Waals surface area (Å²) in [4.78, 5) is 97.0. The van der Waals surface area contributed by atoms with E-state index in [1.54, 1.807) is 89.8 Å². The van der Waals surface area contributed by atoms with Gasteiger partial charge in [-0.2, -0.15) is 0 Å². The van der Waals surface area contributed by atoms with Crippen molar-refractivity contribution in [2.45, 2.75) is 103 Å². The Morgan fingerprint density at radius 3 is 1.43 bits per heavy atom. The first-order valence-electron chi connectivity index (χ1n) is 22.6. The molecule has 0 aromatic heterocycles. The predicted octanol–water partition coefficient (Wildman–Crippen LogP) is 5.28. The Morgan fingerprint density at radius 1 is 0.507 bits per heavy atom. The second-order valence-electron chi connectivity index (χ2n) is 16.6. The number of likely N-dealkylation sites (tertiary alicyclic amines) is 1. The monoisotopic (exact) mass is 919 g/mol.